The summed E-state index contributed by atoms with van der Waals surface area (Å²) in [4.78, 5) is 0. The quantitative estimate of drug-likeness (QED) is 0.127. The summed E-state index contributed by atoms with van der Waals surface area (Å²) in [7, 11) is 0. The molecular formula is C51H44N2. The monoisotopic (exact) mass is 684 g/mol. The predicted molar refractivity (Wildman–Crippen MR) is 228 cm³/mol. The van der Waals surface area contributed by atoms with Gasteiger partial charge in [0.05, 0.1) is 5.52 Å². The minimum absolute atomic E-state index is 0.895. The fourth-order valence-corrected chi connectivity index (χ4v) is 7.86. The number of aromatic nitrogens is 2. The average molecular weight is 685 g/mol. The van der Waals surface area contributed by atoms with Gasteiger partial charge in [0.2, 0.25) is 0 Å². The van der Waals surface area contributed by atoms with E-state index in [9.17, 15) is 0 Å². The van der Waals surface area contributed by atoms with E-state index in [2.05, 4.69) is 182 Å². The second-order valence-electron chi connectivity index (χ2n) is 13.9. The van der Waals surface area contributed by atoms with Gasteiger partial charge in [0.1, 0.15) is 0 Å². The first-order valence-corrected chi connectivity index (χ1v) is 18.5. The third-order valence-corrected chi connectivity index (χ3v) is 10.7. The Bertz CT molecular complexity index is 2530. The zero-order valence-electron chi connectivity index (χ0n) is 30.6. The summed E-state index contributed by atoms with van der Waals surface area (Å²) in [6, 6.07) is 44.5. The van der Waals surface area contributed by atoms with Crippen LogP contribution in [0.15, 0.2) is 165 Å². The van der Waals surface area contributed by atoms with Crippen LogP contribution in [0.2, 0.25) is 0 Å². The van der Waals surface area contributed by atoms with Crippen LogP contribution in [0.5, 0.6) is 0 Å². The molecule has 7 aromatic rings. The molecule has 2 aromatic heterocycles. The molecule has 258 valence electrons. The standard InChI is InChI=1S/C51H44N2/c1-5-7-15-48-36(3)46-13-9-11-17-50(46)52(48)44-31-27-42(28-32-44)40-23-19-38(20-24-40)35-39-21-25-41(26-22-39)43-29-33-45(34-30-43)53-49(16-8-6-2)37(4)47-14-10-12-18-51(47)53/h5-9,11-13,15-34H,1-2,10,14,35H2,3-4H3/b15-7-,16-8-. The minimum atomic E-state index is 0.895. The molecule has 0 atom stereocenters. The van der Waals surface area contributed by atoms with Crippen LogP contribution in [-0.2, 0) is 12.8 Å². The number of hydrogen-bond acceptors (Lipinski definition) is 0. The normalized spacial score (nSPS) is 12.6. The number of nitrogens with zero attached hydrogens (tertiary/aromatic N) is 2. The minimum Gasteiger partial charge on any atom is -0.310 e. The Morgan fingerprint density at radius 3 is 1.60 bits per heavy atom. The Kier molecular flexibility index (Phi) is 9.36. The maximum absolute atomic E-state index is 3.89. The van der Waals surface area contributed by atoms with E-state index in [0.717, 1.165) is 24.9 Å². The summed E-state index contributed by atoms with van der Waals surface area (Å²) >= 11 is 0. The maximum Gasteiger partial charge on any atom is 0.0537 e. The van der Waals surface area contributed by atoms with E-state index < -0.39 is 0 Å². The molecule has 1 aliphatic rings. The molecule has 8 rings (SSSR count). The van der Waals surface area contributed by atoms with Gasteiger partial charge in [-0.25, -0.2) is 0 Å². The van der Waals surface area contributed by atoms with Crippen molar-refractivity contribution in [3.05, 3.63) is 210 Å². The predicted octanol–water partition coefficient (Wildman–Crippen LogP) is 13.3. The summed E-state index contributed by atoms with van der Waals surface area (Å²) in [5.41, 5.74) is 18.8. The van der Waals surface area contributed by atoms with Crippen molar-refractivity contribution < 1.29 is 0 Å². The van der Waals surface area contributed by atoms with Gasteiger partial charge in [-0.05, 0) is 132 Å². The van der Waals surface area contributed by atoms with Crippen LogP contribution < -0.4 is 0 Å². The first kappa shape index (κ1) is 33.7. The molecule has 0 aliphatic heterocycles. The number of hydrogen-bond donors (Lipinski definition) is 0. The molecule has 53 heavy (non-hydrogen) atoms. The fourth-order valence-electron chi connectivity index (χ4n) is 7.86. The van der Waals surface area contributed by atoms with Crippen LogP contribution >= 0.6 is 0 Å². The SMILES string of the molecule is C=C/C=C\c1c(C)c2c(n1-c1ccc(-c3ccc(Cc4ccc(-c5ccc(-n6c(/C=C\C=C)c(C)c7ccccc76)cc5)cc4)cc3)cc1)C=CCC2. The second kappa shape index (κ2) is 14.7. The van der Waals surface area contributed by atoms with E-state index in [4.69, 9.17) is 0 Å². The van der Waals surface area contributed by atoms with Gasteiger partial charge in [0, 0.05) is 33.8 Å². The van der Waals surface area contributed by atoms with Crippen molar-refractivity contribution in [1.82, 2.24) is 9.13 Å². The van der Waals surface area contributed by atoms with Crippen molar-refractivity contribution in [2.75, 3.05) is 0 Å². The molecule has 1 aliphatic carbocycles. The van der Waals surface area contributed by atoms with E-state index in [-0.39, 0.29) is 0 Å². The van der Waals surface area contributed by atoms with Crippen molar-refractivity contribution in [2.24, 2.45) is 0 Å². The van der Waals surface area contributed by atoms with Crippen LogP contribution in [0, 0.1) is 13.8 Å². The third-order valence-electron chi connectivity index (χ3n) is 10.7. The van der Waals surface area contributed by atoms with E-state index in [1.807, 2.05) is 24.3 Å². The van der Waals surface area contributed by atoms with Crippen LogP contribution in [-0.4, -0.2) is 9.13 Å². The number of rotatable bonds is 10. The van der Waals surface area contributed by atoms with Gasteiger partial charge < -0.3 is 9.13 Å². The summed E-state index contributed by atoms with van der Waals surface area (Å²) in [6.07, 6.45) is 19.7. The zero-order valence-corrected chi connectivity index (χ0v) is 30.6. The Labute approximate surface area is 313 Å². The van der Waals surface area contributed by atoms with Gasteiger partial charge in [-0.2, -0.15) is 0 Å². The van der Waals surface area contributed by atoms with Crippen molar-refractivity contribution in [1.29, 1.82) is 0 Å². The summed E-state index contributed by atoms with van der Waals surface area (Å²) in [5.74, 6) is 0. The van der Waals surface area contributed by atoms with E-state index in [1.165, 1.54) is 83.7 Å². The molecule has 0 N–H and O–H groups in total. The van der Waals surface area contributed by atoms with E-state index >= 15 is 0 Å². The Hall–Kier alpha value is -6.38. The number of fused-ring (bicyclic) bond motifs is 2. The topological polar surface area (TPSA) is 9.86 Å². The molecule has 0 saturated carbocycles. The summed E-state index contributed by atoms with van der Waals surface area (Å²) < 4.78 is 4.73. The van der Waals surface area contributed by atoms with Gasteiger partial charge in [-0.15, -0.1) is 0 Å². The molecule has 2 nitrogen and oxygen atoms in total. The maximum atomic E-state index is 3.89. The third kappa shape index (κ3) is 6.49. The largest absolute Gasteiger partial charge is 0.310 e. The lowest BCUT2D eigenvalue weighted by molar-refractivity contribution is 0.953. The van der Waals surface area contributed by atoms with Crippen LogP contribution in [0.3, 0.4) is 0 Å². The van der Waals surface area contributed by atoms with Gasteiger partial charge in [0.25, 0.3) is 0 Å². The van der Waals surface area contributed by atoms with Gasteiger partial charge >= 0.3 is 0 Å². The highest BCUT2D eigenvalue weighted by Gasteiger charge is 2.20. The zero-order chi connectivity index (χ0) is 36.3. The lowest BCUT2D eigenvalue weighted by atomic mass is 9.98. The Balaban J connectivity index is 0.967. The van der Waals surface area contributed by atoms with Gasteiger partial charge in [-0.1, -0.05) is 135 Å². The first-order chi connectivity index (χ1) is 26.0. The lowest BCUT2D eigenvalue weighted by Crippen LogP contribution is -2.01. The fraction of sp³-hybridized carbons (Fsp3) is 0.0980. The van der Waals surface area contributed by atoms with Crippen LogP contribution in [0.1, 0.15) is 51.3 Å². The highest BCUT2D eigenvalue weighted by atomic mass is 15.0. The molecule has 0 bridgehead atoms. The first-order valence-electron chi connectivity index (χ1n) is 18.5. The Morgan fingerprint density at radius 1 is 0.566 bits per heavy atom. The van der Waals surface area contributed by atoms with Crippen molar-refractivity contribution >= 4 is 29.1 Å². The molecule has 2 heteroatoms. The number of aryl methyl sites for hydroxylation is 1. The molecule has 2 heterocycles. The van der Waals surface area contributed by atoms with Gasteiger partial charge in [-0.3, -0.25) is 0 Å². The number of allylic oxidation sites excluding steroid dienone is 5. The van der Waals surface area contributed by atoms with E-state index in [1.54, 1.807) is 0 Å². The van der Waals surface area contributed by atoms with Gasteiger partial charge in [0.15, 0.2) is 0 Å². The molecule has 0 radical (unpaired) electrons. The summed E-state index contributed by atoms with van der Waals surface area (Å²) in [6.45, 7) is 12.2. The average Bonchev–Trinajstić information content (AvgIpc) is 3.66. The molecule has 0 unspecified atom stereocenters. The Morgan fingerprint density at radius 2 is 1.06 bits per heavy atom. The molecule has 5 aromatic carbocycles. The molecule has 0 amide bonds. The van der Waals surface area contributed by atoms with Crippen LogP contribution in [0.4, 0.5) is 0 Å². The van der Waals surface area contributed by atoms with Crippen molar-refractivity contribution in [2.45, 2.75) is 33.1 Å². The number of benzene rings is 5. The molecule has 0 saturated heterocycles. The summed E-state index contributed by atoms with van der Waals surface area (Å²) in [5, 5.41) is 1.27. The van der Waals surface area contributed by atoms with Crippen LogP contribution in [0.25, 0.3) is 62.8 Å². The molecule has 0 fully saturated rings. The second-order valence-corrected chi connectivity index (χ2v) is 13.9. The highest BCUT2D eigenvalue weighted by Crippen LogP contribution is 2.34. The van der Waals surface area contributed by atoms with E-state index in [0.29, 0.717) is 0 Å². The molecule has 0 spiro atoms. The number of para-hydroxylation sites is 1. The lowest BCUT2D eigenvalue weighted by Gasteiger charge is -2.14. The smallest absolute Gasteiger partial charge is 0.0537 e. The van der Waals surface area contributed by atoms with Crippen molar-refractivity contribution in [3.8, 4) is 33.6 Å². The molecular weight excluding hydrogens is 641 g/mol. The van der Waals surface area contributed by atoms with Crippen molar-refractivity contribution in [3.63, 3.8) is 0 Å². The highest BCUT2D eigenvalue weighted by molar-refractivity contribution is 5.90.